The Labute approximate surface area is 195 Å². The summed E-state index contributed by atoms with van der Waals surface area (Å²) in [6.07, 6.45) is 3.18. The molecule has 0 radical (unpaired) electrons. The summed E-state index contributed by atoms with van der Waals surface area (Å²) in [7, 11) is 3.91. The van der Waals surface area contributed by atoms with Crippen LogP contribution >= 0.6 is 0 Å². The number of rotatable bonds is 7. The van der Waals surface area contributed by atoms with E-state index in [9.17, 15) is 4.79 Å². The SMILES string of the molecule is CN(C)CCNC(=O)C(C)(c1ccccc1)n1ncc2c1nc(N)n1nc(-c3ccco3)nc21. The molecule has 1 unspecified atom stereocenters. The van der Waals surface area contributed by atoms with Crippen molar-refractivity contribution in [3.63, 3.8) is 0 Å². The summed E-state index contributed by atoms with van der Waals surface area (Å²) in [4.78, 5) is 24.8. The highest BCUT2D eigenvalue weighted by atomic mass is 16.3. The number of nitrogen functional groups attached to an aromatic ring is 1. The molecule has 0 saturated heterocycles. The van der Waals surface area contributed by atoms with Crippen molar-refractivity contribution in [1.29, 1.82) is 0 Å². The number of fused-ring (bicyclic) bond motifs is 3. The van der Waals surface area contributed by atoms with Gasteiger partial charge in [-0.3, -0.25) is 4.79 Å². The summed E-state index contributed by atoms with van der Waals surface area (Å²) < 4.78 is 8.47. The molecular weight excluding hydrogens is 434 g/mol. The molecule has 174 valence electrons. The Bertz CT molecular complexity index is 1450. The Kier molecular flexibility index (Phi) is 5.25. The maximum absolute atomic E-state index is 13.6. The minimum absolute atomic E-state index is 0.123. The Morgan fingerprint density at radius 3 is 2.65 bits per heavy atom. The molecule has 0 aliphatic heterocycles. The normalized spacial score (nSPS) is 13.5. The van der Waals surface area contributed by atoms with Gasteiger partial charge in [-0.05, 0) is 38.7 Å². The molecule has 5 aromatic rings. The van der Waals surface area contributed by atoms with Gasteiger partial charge in [-0.2, -0.15) is 14.6 Å². The molecule has 11 nitrogen and oxygen atoms in total. The topological polar surface area (TPSA) is 132 Å². The first-order valence-corrected chi connectivity index (χ1v) is 10.8. The van der Waals surface area contributed by atoms with Crippen molar-refractivity contribution >= 4 is 28.5 Å². The highest BCUT2D eigenvalue weighted by Crippen LogP contribution is 2.31. The molecule has 0 fully saturated rings. The minimum atomic E-state index is -1.18. The Balaban J connectivity index is 1.67. The number of amides is 1. The molecule has 0 spiro atoms. The van der Waals surface area contributed by atoms with Gasteiger partial charge in [0.1, 0.15) is 0 Å². The molecule has 1 atom stereocenters. The van der Waals surface area contributed by atoms with Gasteiger partial charge >= 0.3 is 0 Å². The molecular formula is C23H25N9O2. The van der Waals surface area contributed by atoms with Crippen LogP contribution in [0.25, 0.3) is 28.3 Å². The van der Waals surface area contributed by atoms with E-state index >= 15 is 0 Å². The zero-order chi connectivity index (χ0) is 23.9. The standard InChI is InChI=1S/C23H25N9O2/c1-23(15-8-5-4-6-9-15,21(33)25-11-12-30(2)3)32-20-16(14-26-32)19-27-18(17-10-7-13-34-17)29-31(19)22(24)28-20/h4-10,13-14H,11-12H2,1-3H3,(H2,24,28)(H,25,33). The van der Waals surface area contributed by atoms with Gasteiger partial charge in [-0.1, -0.05) is 30.3 Å². The number of hydrogen-bond donors (Lipinski definition) is 2. The lowest BCUT2D eigenvalue weighted by molar-refractivity contribution is -0.127. The number of anilines is 1. The van der Waals surface area contributed by atoms with Crippen molar-refractivity contribution in [3.05, 3.63) is 60.5 Å². The lowest BCUT2D eigenvalue weighted by Crippen LogP contribution is -2.49. The zero-order valence-corrected chi connectivity index (χ0v) is 19.1. The quantitative estimate of drug-likeness (QED) is 0.376. The van der Waals surface area contributed by atoms with Gasteiger partial charge in [-0.15, -0.1) is 5.10 Å². The molecule has 4 heterocycles. The lowest BCUT2D eigenvalue weighted by atomic mass is 9.91. The molecule has 0 aliphatic carbocycles. The second-order valence-corrected chi connectivity index (χ2v) is 8.41. The fourth-order valence-electron chi connectivity index (χ4n) is 3.92. The number of aromatic nitrogens is 6. The summed E-state index contributed by atoms with van der Waals surface area (Å²) in [5.41, 5.74) is 6.74. The van der Waals surface area contributed by atoms with E-state index in [0.717, 1.165) is 5.56 Å². The summed E-state index contributed by atoms with van der Waals surface area (Å²) in [5, 5.41) is 12.7. The van der Waals surface area contributed by atoms with E-state index in [1.807, 2.05) is 56.3 Å². The van der Waals surface area contributed by atoms with Crippen LogP contribution in [0.4, 0.5) is 5.95 Å². The van der Waals surface area contributed by atoms with Gasteiger partial charge in [-0.25, -0.2) is 9.67 Å². The Morgan fingerprint density at radius 2 is 1.94 bits per heavy atom. The Hall–Kier alpha value is -4.25. The molecule has 3 N–H and O–H groups in total. The number of nitrogens with two attached hydrogens (primary N) is 1. The van der Waals surface area contributed by atoms with Crippen molar-refractivity contribution in [2.75, 3.05) is 32.9 Å². The molecule has 5 rings (SSSR count). The fourth-order valence-corrected chi connectivity index (χ4v) is 3.92. The third-order valence-electron chi connectivity index (χ3n) is 5.82. The van der Waals surface area contributed by atoms with Crippen LogP contribution < -0.4 is 11.1 Å². The van der Waals surface area contributed by atoms with Crippen LogP contribution in [0, 0.1) is 0 Å². The molecule has 4 aromatic heterocycles. The summed E-state index contributed by atoms with van der Waals surface area (Å²) >= 11 is 0. The summed E-state index contributed by atoms with van der Waals surface area (Å²) in [6, 6.07) is 13.0. The largest absolute Gasteiger partial charge is 0.461 e. The number of carbonyl (C=O) groups is 1. The Morgan fingerprint density at radius 1 is 1.15 bits per heavy atom. The van der Waals surface area contributed by atoms with E-state index in [-0.39, 0.29) is 11.9 Å². The van der Waals surface area contributed by atoms with Crippen LogP contribution in [0.2, 0.25) is 0 Å². The number of furan rings is 1. The van der Waals surface area contributed by atoms with Gasteiger partial charge in [0, 0.05) is 13.1 Å². The smallest absolute Gasteiger partial charge is 0.252 e. The highest BCUT2D eigenvalue weighted by molar-refractivity contribution is 5.94. The first kappa shape index (κ1) is 21.6. The molecule has 1 amide bonds. The third-order valence-corrected chi connectivity index (χ3v) is 5.82. The second-order valence-electron chi connectivity index (χ2n) is 8.41. The van der Waals surface area contributed by atoms with Gasteiger partial charge in [0.15, 0.2) is 22.6 Å². The predicted molar refractivity (Wildman–Crippen MR) is 127 cm³/mol. The van der Waals surface area contributed by atoms with Crippen molar-refractivity contribution in [2.24, 2.45) is 0 Å². The van der Waals surface area contributed by atoms with E-state index in [1.165, 1.54) is 4.52 Å². The summed E-state index contributed by atoms with van der Waals surface area (Å²) in [6.45, 7) is 3.02. The fraction of sp³-hybridized carbons (Fsp3) is 0.261. The maximum atomic E-state index is 13.6. The van der Waals surface area contributed by atoms with Gasteiger partial charge < -0.3 is 20.4 Å². The zero-order valence-electron chi connectivity index (χ0n) is 19.1. The number of nitrogens with zero attached hydrogens (tertiary/aromatic N) is 7. The van der Waals surface area contributed by atoms with Crippen molar-refractivity contribution in [3.8, 4) is 11.6 Å². The second kappa shape index (κ2) is 8.27. The average molecular weight is 460 g/mol. The molecule has 11 heteroatoms. The molecule has 34 heavy (non-hydrogen) atoms. The average Bonchev–Trinajstić information content (AvgIpc) is 3.57. The van der Waals surface area contributed by atoms with Crippen molar-refractivity contribution in [2.45, 2.75) is 12.5 Å². The first-order valence-electron chi connectivity index (χ1n) is 10.8. The van der Waals surface area contributed by atoms with Gasteiger partial charge in [0.05, 0.1) is 17.8 Å². The van der Waals surface area contributed by atoms with E-state index in [4.69, 9.17) is 10.2 Å². The van der Waals surface area contributed by atoms with Crippen LogP contribution in [0.1, 0.15) is 12.5 Å². The molecule has 0 saturated carbocycles. The van der Waals surface area contributed by atoms with Crippen LogP contribution in [0.5, 0.6) is 0 Å². The van der Waals surface area contributed by atoms with Crippen molar-refractivity contribution in [1.82, 2.24) is 39.6 Å². The van der Waals surface area contributed by atoms with E-state index in [1.54, 1.807) is 29.3 Å². The van der Waals surface area contributed by atoms with Crippen molar-refractivity contribution < 1.29 is 9.21 Å². The van der Waals surface area contributed by atoms with Crippen LogP contribution in [0.3, 0.4) is 0 Å². The number of nitrogens with one attached hydrogen (secondary N) is 1. The summed E-state index contributed by atoms with van der Waals surface area (Å²) in [5.74, 6) is 0.811. The van der Waals surface area contributed by atoms with Gasteiger partial charge in [0.2, 0.25) is 11.8 Å². The lowest BCUT2D eigenvalue weighted by Gasteiger charge is -2.30. The molecule has 1 aromatic carbocycles. The highest BCUT2D eigenvalue weighted by Gasteiger charge is 2.40. The van der Waals surface area contributed by atoms with E-state index in [0.29, 0.717) is 41.4 Å². The number of carbonyl (C=O) groups excluding carboxylic acids is 1. The van der Waals surface area contributed by atoms with E-state index < -0.39 is 5.54 Å². The van der Waals surface area contributed by atoms with E-state index in [2.05, 4.69) is 25.5 Å². The van der Waals surface area contributed by atoms with Crippen LogP contribution in [-0.2, 0) is 10.3 Å². The predicted octanol–water partition coefficient (Wildman–Crippen LogP) is 1.76. The first-order chi connectivity index (χ1) is 16.4. The maximum Gasteiger partial charge on any atom is 0.252 e. The minimum Gasteiger partial charge on any atom is -0.461 e. The number of likely N-dealkylation sites (N-methyl/N-ethyl adjacent to an activating group) is 1. The monoisotopic (exact) mass is 459 g/mol. The van der Waals surface area contributed by atoms with Crippen LogP contribution in [-0.4, -0.2) is 67.4 Å². The van der Waals surface area contributed by atoms with Gasteiger partial charge in [0.25, 0.3) is 5.91 Å². The number of hydrogen-bond acceptors (Lipinski definition) is 8. The third kappa shape index (κ3) is 3.46. The number of benzene rings is 1. The molecule has 0 bridgehead atoms. The van der Waals surface area contributed by atoms with Crippen LogP contribution in [0.15, 0.2) is 59.3 Å². The molecule has 0 aliphatic rings.